The molecule has 0 unspecified atom stereocenters. The maximum absolute atomic E-state index is 5.19. The molecule has 0 atom stereocenters. The molecular weight excluding hydrogens is 278 g/mol. The van der Waals surface area contributed by atoms with Crippen LogP contribution in [0, 0.1) is 6.92 Å². The number of methoxy groups -OCH3 is 1. The van der Waals surface area contributed by atoms with Crippen LogP contribution in [-0.4, -0.2) is 26.7 Å². The van der Waals surface area contributed by atoms with Crippen LogP contribution in [0.4, 0.5) is 11.5 Å². The Labute approximate surface area is 129 Å². The summed E-state index contributed by atoms with van der Waals surface area (Å²) in [7, 11) is 1.66. The van der Waals surface area contributed by atoms with Gasteiger partial charge in [0, 0.05) is 16.9 Å². The molecule has 2 heterocycles. The van der Waals surface area contributed by atoms with E-state index < -0.39 is 0 Å². The molecule has 0 radical (unpaired) electrons. The van der Waals surface area contributed by atoms with Gasteiger partial charge in [0.25, 0.3) is 5.78 Å². The monoisotopic (exact) mass is 297 g/mol. The van der Waals surface area contributed by atoms with Crippen molar-refractivity contribution in [2.24, 2.45) is 0 Å². The molecular formula is C16H19N5O. The van der Waals surface area contributed by atoms with Crippen LogP contribution in [-0.2, 0) is 6.42 Å². The highest BCUT2D eigenvalue weighted by Crippen LogP contribution is 2.25. The number of ether oxygens (including phenoxy) is 1. The Bertz CT molecular complexity index is 779. The van der Waals surface area contributed by atoms with Crippen molar-refractivity contribution in [3.05, 3.63) is 41.9 Å². The number of anilines is 2. The van der Waals surface area contributed by atoms with E-state index in [2.05, 4.69) is 27.3 Å². The van der Waals surface area contributed by atoms with Crippen molar-refractivity contribution >= 4 is 17.3 Å². The van der Waals surface area contributed by atoms with Crippen LogP contribution in [0.2, 0.25) is 0 Å². The molecule has 6 heteroatoms. The molecule has 3 rings (SSSR count). The van der Waals surface area contributed by atoms with Crippen molar-refractivity contribution in [3.63, 3.8) is 0 Å². The minimum absolute atomic E-state index is 0.605. The number of benzene rings is 1. The van der Waals surface area contributed by atoms with Crippen molar-refractivity contribution in [2.75, 3.05) is 12.4 Å². The van der Waals surface area contributed by atoms with E-state index in [4.69, 9.17) is 4.74 Å². The van der Waals surface area contributed by atoms with E-state index in [1.165, 1.54) is 6.33 Å². The maximum Gasteiger partial charge on any atom is 0.254 e. The van der Waals surface area contributed by atoms with Crippen LogP contribution < -0.4 is 10.1 Å². The average molecular weight is 297 g/mol. The summed E-state index contributed by atoms with van der Waals surface area (Å²) in [6.07, 6.45) is 3.50. The summed E-state index contributed by atoms with van der Waals surface area (Å²) in [5.41, 5.74) is 3.12. The first kappa shape index (κ1) is 14.3. The van der Waals surface area contributed by atoms with Gasteiger partial charge in [0.15, 0.2) is 0 Å². The van der Waals surface area contributed by atoms with Gasteiger partial charge in [-0.1, -0.05) is 13.3 Å². The largest absolute Gasteiger partial charge is 0.497 e. The molecule has 22 heavy (non-hydrogen) atoms. The lowest BCUT2D eigenvalue weighted by Crippen LogP contribution is -2.08. The summed E-state index contributed by atoms with van der Waals surface area (Å²) in [5, 5.41) is 7.73. The van der Waals surface area contributed by atoms with Crippen LogP contribution in [0.15, 0.2) is 30.6 Å². The Morgan fingerprint density at radius 3 is 2.68 bits per heavy atom. The topological polar surface area (TPSA) is 64.3 Å². The van der Waals surface area contributed by atoms with E-state index >= 15 is 0 Å². The Balaban J connectivity index is 2.06. The molecule has 0 aliphatic rings. The number of aromatic nitrogens is 4. The van der Waals surface area contributed by atoms with Gasteiger partial charge in [-0.25, -0.2) is 4.98 Å². The zero-order valence-corrected chi connectivity index (χ0v) is 13.0. The fraction of sp³-hybridized carbons (Fsp3) is 0.312. The Morgan fingerprint density at radius 1 is 1.23 bits per heavy atom. The lowest BCUT2D eigenvalue weighted by molar-refractivity contribution is 0.415. The number of rotatable bonds is 5. The molecule has 0 saturated heterocycles. The minimum Gasteiger partial charge on any atom is -0.497 e. The highest BCUT2D eigenvalue weighted by Gasteiger charge is 2.14. The first-order valence-electron chi connectivity index (χ1n) is 7.33. The molecule has 114 valence electrons. The van der Waals surface area contributed by atoms with Crippen molar-refractivity contribution in [1.82, 2.24) is 19.6 Å². The molecule has 0 saturated carbocycles. The third kappa shape index (κ3) is 2.59. The number of aryl methyl sites for hydroxylation is 1. The van der Waals surface area contributed by atoms with E-state index in [-0.39, 0.29) is 0 Å². The lowest BCUT2D eigenvalue weighted by Gasteiger charge is -2.15. The second-order valence-electron chi connectivity index (χ2n) is 5.10. The fourth-order valence-electron chi connectivity index (χ4n) is 2.47. The standard InChI is InChI=1S/C16H19N5O/c1-4-5-14-11(2)19-16-17-10-18-21(16)15(14)20-12-6-8-13(22-3)9-7-12/h6-10,20H,4-5H2,1-3H3. The van der Waals surface area contributed by atoms with E-state index in [9.17, 15) is 0 Å². The van der Waals surface area contributed by atoms with E-state index in [0.29, 0.717) is 5.78 Å². The summed E-state index contributed by atoms with van der Waals surface area (Å²) in [6, 6.07) is 7.81. The Hall–Kier alpha value is -2.63. The summed E-state index contributed by atoms with van der Waals surface area (Å²) >= 11 is 0. The van der Waals surface area contributed by atoms with Gasteiger partial charge in [0.05, 0.1) is 7.11 Å². The van der Waals surface area contributed by atoms with Crippen molar-refractivity contribution in [1.29, 1.82) is 0 Å². The van der Waals surface area contributed by atoms with E-state index in [0.717, 1.165) is 41.4 Å². The summed E-state index contributed by atoms with van der Waals surface area (Å²) < 4.78 is 6.95. The quantitative estimate of drug-likeness (QED) is 0.783. The number of nitrogens with zero attached hydrogens (tertiary/aromatic N) is 4. The number of hydrogen-bond acceptors (Lipinski definition) is 5. The lowest BCUT2D eigenvalue weighted by atomic mass is 10.1. The second-order valence-corrected chi connectivity index (χ2v) is 5.10. The van der Waals surface area contributed by atoms with Crippen LogP contribution in [0.1, 0.15) is 24.6 Å². The highest BCUT2D eigenvalue weighted by molar-refractivity contribution is 5.63. The number of nitrogens with one attached hydrogen (secondary N) is 1. The van der Waals surface area contributed by atoms with Crippen LogP contribution in [0.25, 0.3) is 5.78 Å². The highest BCUT2D eigenvalue weighted by atomic mass is 16.5. The number of hydrogen-bond donors (Lipinski definition) is 1. The summed E-state index contributed by atoms with van der Waals surface area (Å²) in [5.74, 6) is 2.36. The van der Waals surface area contributed by atoms with Crippen LogP contribution in [0.5, 0.6) is 5.75 Å². The number of fused-ring (bicyclic) bond motifs is 1. The van der Waals surface area contributed by atoms with Gasteiger partial charge in [-0.3, -0.25) is 0 Å². The first-order valence-corrected chi connectivity index (χ1v) is 7.33. The molecule has 0 spiro atoms. The Kier molecular flexibility index (Phi) is 3.91. The Morgan fingerprint density at radius 2 is 2.00 bits per heavy atom. The van der Waals surface area contributed by atoms with E-state index in [1.807, 2.05) is 31.2 Å². The van der Waals surface area contributed by atoms with Crippen LogP contribution >= 0.6 is 0 Å². The zero-order chi connectivity index (χ0) is 15.5. The summed E-state index contributed by atoms with van der Waals surface area (Å²) in [6.45, 7) is 4.17. The van der Waals surface area contributed by atoms with Crippen molar-refractivity contribution in [2.45, 2.75) is 26.7 Å². The van der Waals surface area contributed by atoms with Gasteiger partial charge in [-0.05, 0) is 37.6 Å². The third-order valence-electron chi connectivity index (χ3n) is 3.58. The maximum atomic E-state index is 5.19. The van der Waals surface area contributed by atoms with Crippen molar-refractivity contribution in [3.8, 4) is 5.75 Å². The smallest absolute Gasteiger partial charge is 0.254 e. The van der Waals surface area contributed by atoms with Crippen molar-refractivity contribution < 1.29 is 4.74 Å². The third-order valence-corrected chi connectivity index (χ3v) is 3.58. The zero-order valence-electron chi connectivity index (χ0n) is 13.0. The van der Waals surface area contributed by atoms with Crippen LogP contribution in [0.3, 0.4) is 0 Å². The molecule has 0 aliphatic heterocycles. The molecule has 0 bridgehead atoms. The summed E-state index contributed by atoms with van der Waals surface area (Å²) in [4.78, 5) is 8.70. The van der Waals surface area contributed by atoms with Gasteiger partial charge in [-0.15, -0.1) is 0 Å². The fourth-order valence-corrected chi connectivity index (χ4v) is 2.47. The normalized spacial score (nSPS) is 10.9. The van der Waals surface area contributed by atoms with Gasteiger partial charge in [-0.2, -0.15) is 14.6 Å². The average Bonchev–Trinajstić information content (AvgIpc) is 2.99. The molecule has 1 aromatic carbocycles. The predicted octanol–water partition coefficient (Wildman–Crippen LogP) is 3.14. The second kappa shape index (κ2) is 6.01. The van der Waals surface area contributed by atoms with Gasteiger partial charge in [0.2, 0.25) is 0 Å². The molecule has 0 amide bonds. The molecule has 2 aromatic heterocycles. The molecule has 0 aliphatic carbocycles. The molecule has 6 nitrogen and oxygen atoms in total. The van der Waals surface area contributed by atoms with Gasteiger partial charge < -0.3 is 10.1 Å². The van der Waals surface area contributed by atoms with Gasteiger partial charge >= 0.3 is 0 Å². The first-order chi connectivity index (χ1) is 10.7. The predicted molar refractivity (Wildman–Crippen MR) is 85.8 cm³/mol. The van der Waals surface area contributed by atoms with E-state index in [1.54, 1.807) is 11.6 Å². The molecule has 0 fully saturated rings. The SMILES string of the molecule is CCCc1c(C)nc2ncnn2c1Nc1ccc(OC)cc1. The molecule has 3 aromatic rings. The van der Waals surface area contributed by atoms with Gasteiger partial charge in [0.1, 0.15) is 17.9 Å². The minimum atomic E-state index is 0.605. The molecule has 1 N–H and O–H groups in total.